The first-order chi connectivity index (χ1) is 30.2. The number of benzene rings is 13. The molecule has 0 N–H and O–H groups in total. The Hall–Kier alpha value is -7.80. The van der Waals surface area contributed by atoms with Crippen LogP contribution in [-0.4, -0.2) is 0 Å². The fraction of sp³-hybridized carbons (Fsp3) is 0.0164. The largest absolute Gasteiger partial charge is 0.0731 e. The van der Waals surface area contributed by atoms with Gasteiger partial charge in [0, 0.05) is 0 Å². The molecule has 0 atom stereocenters. The zero-order valence-corrected chi connectivity index (χ0v) is 33.1. The molecule has 0 amide bonds. The Kier molecular flexibility index (Phi) is 5.93. The predicted molar refractivity (Wildman–Crippen MR) is 259 cm³/mol. The molecule has 13 aromatic carbocycles. The molecule has 278 valence electrons. The van der Waals surface area contributed by atoms with Crippen molar-refractivity contribution in [1.29, 1.82) is 0 Å². The zero-order valence-electron chi connectivity index (χ0n) is 33.1. The Labute approximate surface area is 352 Å². The lowest BCUT2D eigenvalue weighted by Gasteiger charge is -2.32. The van der Waals surface area contributed by atoms with Crippen molar-refractivity contribution in [3.8, 4) is 44.5 Å². The topological polar surface area (TPSA) is 0 Å². The van der Waals surface area contributed by atoms with E-state index in [0.29, 0.717) is 0 Å². The molecule has 0 saturated carbocycles. The maximum Gasteiger partial charge on any atom is 0.0731 e. The minimum absolute atomic E-state index is 0.495. The quantitative estimate of drug-likeness (QED) is 0.154. The van der Waals surface area contributed by atoms with Crippen molar-refractivity contribution in [2.75, 3.05) is 0 Å². The van der Waals surface area contributed by atoms with Gasteiger partial charge in [-0.15, -0.1) is 0 Å². The van der Waals surface area contributed by atoms with Gasteiger partial charge in [-0.1, -0.05) is 188 Å². The maximum absolute atomic E-state index is 2.54. The highest BCUT2D eigenvalue weighted by Gasteiger charge is 2.52. The summed E-state index contributed by atoms with van der Waals surface area (Å²) < 4.78 is 0. The molecule has 0 unspecified atom stereocenters. The molecule has 0 nitrogen and oxygen atoms in total. The molecule has 0 bridgehead atoms. The van der Waals surface area contributed by atoms with Crippen LogP contribution in [0.4, 0.5) is 0 Å². The summed E-state index contributed by atoms with van der Waals surface area (Å²) in [5, 5.41) is 18.4. The van der Waals surface area contributed by atoms with E-state index in [9.17, 15) is 0 Å². The monoisotopic (exact) mass is 766 g/mol. The first-order valence-electron chi connectivity index (χ1n) is 21.5. The van der Waals surface area contributed by atoms with E-state index in [-0.39, 0.29) is 0 Å². The molecular weight excluding hydrogens is 733 g/mol. The lowest BCUT2D eigenvalue weighted by Crippen LogP contribution is -2.26. The van der Waals surface area contributed by atoms with Gasteiger partial charge in [-0.05, 0) is 160 Å². The molecule has 0 radical (unpaired) electrons. The third-order valence-corrected chi connectivity index (χ3v) is 14.7. The summed E-state index contributed by atoms with van der Waals surface area (Å²) in [6.45, 7) is 0. The summed E-state index contributed by atoms with van der Waals surface area (Å²) in [7, 11) is 0. The van der Waals surface area contributed by atoms with Crippen LogP contribution in [-0.2, 0) is 5.41 Å². The van der Waals surface area contributed by atoms with Crippen molar-refractivity contribution in [3.63, 3.8) is 0 Å². The molecule has 2 aliphatic rings. The smallest absolute Gasteiger partial charge is 0.0619 e. The standard InChI is InChI=1S/C61H34/c1-3-16-53-47(12-1)48-13-2-4-17-54(48)61(53)55-34-40(43-32-41-22-20-35-8-5-9-36-21-23-42(33-43)58(41)56(35)36)26-28-49(55)52-31-30-46-44(14-7-15-51(46)60(52)61)45-27-24-39-19-18-37-10-6-11-38-25-29-50(45)59(39)57(37)38/h1-34H. The van der Waals surface area contributed by atoms with E-state index in [2.05, 4.69) is 206 Å². The molecule has 0 aromatic heterocycles. The number of fused-ring (bicyclic) bond motifs is 12. The van der Waals surface area contributed by atoms with Gasteiger partial charge in [0.1, 0.15) is 0 Å². The Balaban J connectivity index is 1.02. The van der Waals surface area contributed by atoms with Gasteiger partial charge in [-0.2, -0.15) is 0 Å². The van der Waals surface area contributed by atoms with Gasteiger partial charge in [0.25, 0.3) is 0 Å². The van der Waals surface area contributed by atoms with Crippen molar-refractivity contribution in [3.05, 3.63) is 229 Å². The molecule has 0 heteroatoms. The van der Waals surface area contributed by atoms with Gasteiger partial charge >= 0.3 is 0 Å². The molecule has 0 saturated heterocycles. The average Bonchev–Trinajstić information content (AvgIpc) is 3.79. The van der Waals surface area contributed by atoms with Crippen molar-refractivity contribution >= 4 is 75.4 Å². The minimum Gasteiger partial charge on any atom is -0.0619 e. The van der Waals surface area contributed by atoms with Crippen molar-refractivity contribution in [1.82, 2.24) is 0 Å². The molecule has 0 heterocycles. The van der Waals surface area contributed by atoms with Crippen molar-refractivity contribution < 1.29 is 0 Å². The Morgan fingerprint density at radius 1 is 0.230 bits per heavy atom. The zero-order chi connectivity index (χ0) is 39.6. The van der Waals surface area contributed by atoms with Crippen LogP contribution in [0.15, 0.2) is 206 Å². The van der Waals surface area contributed by atoms with Gasteiger partial charge in [-0.3, -0.25) is 0 Å². The molecule has 61 heavy (non-hydrogen) atoms. The van der Waals surface area contributed by atoms with E-state index in [1.54, 1.807) is 0 Å². The van der Waals surface area contributed by atoms with Crippen LogP contribution in [0.5, 0.6) is 0 Å². The second kappa shape index (κ2) is 11.3. The van der Waals surface area contributed by atoms with Crippen LogP contribution in [0.2, 0.25) is 0 Å². The summed E-state index contributed by atoms with van der Waals surface area (Å²) in [4.78, 5) is 0. The highest BCUT2D eigenvalue weighted by atomic mass is 14.5. The van der Waals surface area contributed by atoms with Gasteiger partial charge in [-0.25, -0.2) is 0 Å². The minimum atomic E-state index is -0.495. The van der Waals surface area contributed by atoms with Crippen LogP contribution in [0.25, 0.3) is 120 Å². The molecule has 0 aliphatic heterocycles. The molecule has 2 aliphatic carbocycles. The fourth-order valence-electron chi connectivity index (χ4n) is 12.3. The van der Waals surface area contributed by atoms with Crippen LogP contribution < -0.4 is 0 Å². The molecule has 15 rings (SSSR count). The van der Waals surface area contributed by atoms with Crippen LogP contribution in [0, 0.1) is 0 Å². The van der Waals surface area contributed by atoms with E-state index in [1.807, 2.05) is 0 Å². The van der Waals surface area contributed by atoms with Crippen molar-refractivity contribution in [2.24, 2.45) is 0 Å². The predicted octanol–water partition coefficient (Wildman–Crippen LogP) is 16.3. The molecule has 1 spiro atoms. The summed E-state index contributed by atoms with van der Waals surface area (Å²) in [6.07, 6.45) is 0. The highest BCUT2D eigenvalue weighted by Crippen LogP contribution is 2.65. The Bertz CT molecular complexity index is 3920. The van der Waals surface area contributed by atoms with Gasteiger partial charge in [0.2, 0.25) is 0 Å². The Morgan fingerprint density at radius 3 is 1.38 bits per heavy atom. The number of hydrogen-bond acceptors (Lipinski definition) is 0. The van der Waals surface area contributed by atoms with Crippen LogP contribution in [0.3, 0.4) is 0 Å². The van der Waals surface area contributed by atoms with E-state index in [0.717, 1.165) is 0 Å². The van der Waals surface area contributed by atoms with Gasteiger partial charge < -0.3 is 0 Å². The van der Waals surface area contributed by atoms with E-state index in [4.69, 9.17) is 0 Å². The van der Waals surface area contributed by atoms with Gasteiger partial charge in [0.05, 0.1) is 5.41 Å². The summed E-state index contributed by atoms with van der Waals surface area (Å²) in [5.41, 5.74) is 15.3. The third-order valence-electron chi connectivity index (χ3n) is 14.7. The molecular formula is C61H34. The lowest BCUT2D eigenvalue weighted by molar-refractivity contribution is 0.801. The van der Waals surface area contributed by atoms with E-state index >= 15 is 0 Å². The SMILES string of the molecule is c1ccc2c(c1)-c1ccccc1C21c2cc(-c3cc4ccc5cccc6ccc(c3)c4c56)ccc2-c2ccc3c(-c4ccc5ccc6cccc7ccc4c5c67)cccc3c21. The second-order valence-corrected chi connectivity index (χ2v) is 17.5. The lowest BCUT2D eigenvalue weighted by atomic mass is 9.69. The number of hydrogen-bond donors (Lipinski definition) is 0. The fourth-order valence-corrected chi connectivity index (χ4v) is 12.3. The first kappa shape index (κ1) is 32.1. The normalized spacial score (nSPS) is 13.7. The summed E-state index contributed by atoms with van der Waals surface area (Å²) in [5.74, 6) is 0. The number of rotatable bonds is 2. The molecule has 13 aromatic rings. The first-order valence-corrected chi connectivity index (χ1v) is 21.5. The third kappa shape index (κ3) is 3.92. The Morgan fingerprint density at radius 2 is 0.689 bits per heavy atom. The highest BCUT2D eigenvalue weighted by molar-refractivity contribution is 6.27. The average molecular weight is 767 g/mol. The maximum atomic E-state index is 2.54. The van der Waals surface area contributed by atoms with Gasteiger partial charge in [0.15, 0.2) is 0 Å². The van der Waals surface area contributed by atoms with Crippen LogP contribution in [0.1, 0.15) is 22.3 Å². The molecule has 0 fully saturated rings. The van der Waals surface area contributed by atoms with Crippen LogP contribution >= 0.6 is 0 Å². The van der Waals surface area contributed by atoms with Crippen molar-refractivity contribution in [2.45, 2.75) is 5.41 Å². The van der Waals surface area contributed by atoms with E-state index in [1.165, 1.54) is 142 Å². The van der Waals surface area contributed by atoms with E-state index < -0.39 is 5.41 Å². The summed E-state index contributed by atoms with van der Waals surface area (Å²) in [6, 6.07) is 78.9. The summed E-state index contributed by atoms with van der Waals surface area (Å²) >= 11 is 0. The second-order valence-electron chi connectivity index (χ2n) is 17.5.